The van der Waals surface area contributed by atoms with Crippen LogP contribution in [0.4, 0.5) is 13.2 Å². The Morgan fingerprint density at radius 2 is 2.00 bits per heavy atom. The van der Waals surface area contributed by atoms with Crippen molar-refractivity contribution < 1.29 is 33.3 Å². The van der Waals surface area contributed by atoms with Gasteiger partial charge < -0.3 is 20.6 Å². The van der Waals surface area contributed by atoms with Crippen LogP contribution in [0.1, 0.15) is 36.2 Å². The summed E-state index contributed by atoms with van der Waals surface area (Å²) in [6.45, 7) is 0. The predicted molar refractivity (Wildman–Crippen MR) is 93.0 cm³/mol. The fraction of sp³-hybridized carbons (Fsp3) is 0.389. The van der Waals surface area contributed by atoms with E-state index in [2.05, 4.69) is 15.3 Å². The van der Waals surface area contributed by atoms with Crippen LogP contribution in [0.2, 0.25) is 0 Å². The standard InChI is InChI=1S/C18H17F3N4O4/c19-17(20,21)12-6-5-9-13(23-12)16(15(26)24-14(9)25-18(27,28)29)7-1-4-11-10(16)3-2-8-22-11/h2-3,5-6,8,11,22,27-29H,1,4,7H2,(H,24,25,26). The summed E-state index contributed by atoms with van der Waals surface area (Å²) >= 11 is 0. The van der Waals surface area contributed by atoms with Gasteiger partial charge >= 0.3 is 12.3 Å². The molecule has 2 aliphatic heterocycles. The Kier molecular flexibility index (Phi) is 4.30. The Bertz CT molecular complexity index is 965. The summed E-state index contributed by atoms with van der Waals surface area (Å²) in [5.74, 6) is -1.27. The van der Waals surface area contributed by atoms with Gasteiger partial charge in [-0.3, -0.25) is 10.1 Å². The van der Waals surface area contributed by atoms with Crippen molar-refractivity contribution in [3.05, 3.63) is 53.0 Å². The average molecular weight is 410 g/mol. The van der Waals surface area contributed by atoms with Crippen LogP contribution in [0, 0.1) is 0 Å². The molecule has 1 saturated carbocycles. The Balaban J connectivity index is 1.97. The summed E-state index contributed by atoms with van der Waals surface area (Å²) < 4.78 is 40.1. The molecule has 0 aromatic carbocycles. The average Bonchev–Trinajstić information content (AvgIpc) is 2.64. The highest BCUT2D eigenvalue weighted by Crippen LogP contribution is 2.48. The summed E-state index contributed by atoms with van der Waals surface area (Å²) in [4.78, 5) is 20.8. The quantitative estimate of drug-likeness (QED) is 0.424. The van der Waals surface area contributed by atoms with Crippen molar-refractivity contribution in [2.45, 2.75) is 43.0 Å². The van der Waals surface area contributed by atoms with E-state index in [1.165, 1.54) is 0 Å². The summed E-state index contributed by atoms with van der Waals surface area (Å²) in [7, 11) is 0. The monoisotopic (exact) mass is 410 g/mol. The molecule has 3 aliphatic rings. The summed E-state index contributed by atoms with van der Waals surface area (Å²) in [5, 5.41) is 32.6. The maximum absolute atomic E-state index is 13.4. The third-order valence-corrected chi connectivity index (χ3v) is 5.29. The predicted octanol–water partition coefficient (Wildman–Crippen LogP) is 0.399. The van der Waals surface area contributed by atoms with Gasteiger partial charge in [-0.25, -0.2) is 4.98 Å². The number of hydrogen-bond acceptors (Lipinski definition) is 7. The fourth-order valence-electron chi connectivity index (χ4n) is 4.16. The van der Waals surface area contributed by atoms with E-state index in [1.54, 1.807) is 18.4 Å². The van der Waals surface area contributed by atoms with Gasteiger partial charge in [-0.15, -0.1) is 0 Å². The number of halogens is 3. The first-order valence-corrected chi connectivity index (χ1v) is 8.83. The number of fused-ring (bicyclic) bond motifs is 4. The number of aliphatic hydroxyl groups is 3. The summed E-state index contributed by atoms with van der Waals surface area (Å²) in [6, 6.07) is 1.49. The van der Waals surface area contributed by atoms with E-state index < -0.39 is 35.1 Å². The van der Waals surface area contributed by atoms with Crippen molar-refractivity contribution in [1.29, 1.82) is 0 Å². The zero-order valence-electron chi connectivity index (χ0n) is 14.9. The van der Waals surface area contributed by atoms with Crippen LogP contribution in [-0.2, 0) is 16.4 Å². The molecule has 1 aromatic rings. The minimum Gasteiger partial charge on any atom is -0.384 e. The summed E-state index contributed by atoms with van der Waals surface area (Å²) in [6.07, 6.45) is -1.74. The second-order valence-corrected chi connectivity index (χ2v) is 7.11. The molecule has 154 valence electrons. The SMILES string of the molecule is O=C1N=C(NC(O)(O)O)c2ccc(C(F)(F)F)nc2C12CCCC1NC=CC=C12. The third kappa shape index (κ3) is 3.20. The zero-order valence-corrected chi connectivity index (χ0v) is 14.9. The first-order valence-electron chi connectivity index (χ1n) is 8.83. The van der Waals surface area contributed by atoms with Crippen molar-refractivity contribution in [2.75, 3.05) is 0 Å². The molecule has 1 aromatic heterocycles. The number of pyridine rings is 1. The van der Waals surface area contributed by atoms with Crippen LogP contribution in [0.15, 0.2) is 41.1 Å². The highest BCUT2D eigenvalue weighted by atomic mass is 19.4. The molecule has 0 radical (unpaired) electrons. The van der Waals surface area contributed by atoms with Gasteiger partial charge in [-0.1, -0.05) is 6.08 Å². The van der Waals surface area contributed by atoms with Crippen molar-refractivity contribution >= 4 is 11.7 Å². The van der Waals surface area contributed by atoms with E-state index in [4.69, 9.17) is 0 Å². The number of allylic oxidation sites excluding steroid dienone is 2. The lowest BCUT2D eigenvalue weighted by Gasteiger charge is -2.44. The van der Waals surface area contributed by atoms with Crippen LogP contribution in [0.3, 0.4) is 0 Å². The molecular formula is C18H17F3N4O4. The van der Waals surface area contributed by atoms with E-state index in [0.29, 0.717) is 24.5 Å². The highest BCUT2D eigenvalue weighted by molar-refractivity contribution is 6.13. The number of amidine groups is 1. The Hall–Kier alpha value is -2.76. The third-order valence-electron chi connectivity index (χ3n) is 5.29. The first-order chi connectivity index (χ1) is 13.5. The molecule has 1 spiro atoms. The number of hydrogen-bond donors (Lipinski definition) is 5. The normalized spacial score (nSPS) is 26.3. The number of carbonyl (C=O) groups excluding carboxylic acids is 1. The van der Waals surface area contributed by atoms with Gasteiger partial charge in [0, 0.05) is 11.6 Å². The molecule has 1 amide bonds. The second kappa shape index (κ2) is 6.37. The molecule has 8 nitrogen and oxygen atoms in total. The number of aromatic nitrogens is 1. The number of nitrogens with one attached hydrogen (secondary N) is 2. The van der Waals surface area contributed by atoms with Crippen LogP contribution in [-0.4, -0.2) is 44.2 Å². The largest absolute Gasteiger partial charge is 0.433 e. The number of aliphatic imine (C=N–C) groups is 1. The minimum absolute atomic E-state index is 0.0322. The van der Waals surface area contributed by atoms with Crippen molar-refractivity contribution in [1.82, 2.24) is 15.6 Å². The lowest BCUT2D eigenvalue weighted by atomic mass is 9.63. The molecule has 2 atom stereocenters. The van der Waals surface area contributed by atoms with Crippen LogP contribution in [0.25, 0.3) is 0 Å². The molecule has 2 unspecified atom stereocenters. The zero-order chi connectivity index (χ0) is 21.0. The first kappa shape index (κ1) is 19.6. The molecule has 1 aliphatic carbocycles. The van der Waals surface area contributed by atoms with E-state index in [-0.39, 0.29) is 23.7 Å². The molecule has 5 N–H and O–H groups in total. The molecule has 3 heterocycles. The Labute approximate surface area is 162 Å². The van der Waals surface area contributed by atoms with Gasteiger partial charge in [0.15, 0.2) is 0 Å². The van der Waals surface area contributed by atoms with E-state index >= 15 is 0 Å². The van der Waals surface area contributed by atoms with Gasteiger partial charge in [0.1, 0.15) is 16.9 Å². The molecule has 0 bridgehead atoms. The number of rotatable bonds is 1. The van der Waals surface area contributed by atoms with E-state index in [1.807, 2.05) is 5.32 Å². The van der Waals surface area contributed by atoms with Crippen LogP contribution < -0.4 is 10.6 Å². The van der Waals surface area contributed by atoms with Gasteiger partial charge in [0.05, 0.1) is 5.69 Å². The van der Waals surface area contributed by atoms with Crippen LogP contribution in [0.5, 0.6) is 0 Å². The van der Waals surface area contributed by atoms with Gasteiger partial charge in [-0.05, 0) is 49.2 Å². The molecule has 4 rings (SSSR count). The number of amides is 1. The van der Waals surface area contributed by atoms with E-state index in [9.17, 15) is 33.3 Å². The summed E-state index contributed by atoms with van der Waals surface area (Å²) in [5.41, 5.74) is -2.38. The van der Waals surface area contributed by atoms with Gasteiger partial charge in [0.2, 0.25) is 0 Å². The minimum atomic E-state index is -4.75. The van der Waals surface area contributed by atoms with Crippen molar-refractivity contribution in [3.63, 3.8) is 0 Å². The molecule has 29 heavy (non-hydrogen) atoms. The fourth-order valence-corrected chi connectivity index (χ4v) is 4.16. The number of dihydropyridines is 1. The van der Waals surface area contributed by atoms with Crippen molar-refractivity contribution in [2.24, 2.45) is 4.99 Å². The van der Waals surface area contributed by atoms with Crippen LogP contribution >= 0.6 is 0 Å². The molecular weight excluding hydrogens is 393 g/mol. The van der Waals surface area contributed by atoms with Crippen molar-refractivity contribution in [3.8, 4) is 0 Å². The maximum atomic E-state index is 13.4. The number of nitrogens with zero attached hydrogens (tertiary/aromatic N) is 2. The van der Waals surface area contributed by atoms with Gasteiger partial charge in [0.25, 0.3) is 5.91 Å². The smallest absolute Gasteiger partial charge is 0.384 e. The van der Waals surface area contributed by atoms with E-state index in [0.717, 1.165) is 6.07 Å². The maximum Gasteiger partial charge on any atom is 0.433 e. The lowest BCUT2D eigenvalue weighted by molar-refractivity contribution is -0.321. The molecule has 0 saturated heterocycles. The number of carbonyl (C=O) groups is 1. The Morgan fingerprint density at radius 1 is 1.24 bits per heavy atom. The molecule has 11 heteroatoms. The highest BCUT2D eigenvalue weighted by Gasteiger charge is 2.54. The van der Waals surface area contributed by atoms with Gasteiger partial charge in [-0.2, -0.15) is 18.2 Å². The second-order valence-electron chi connectivity index (χ2n) is 7.11. The lowest BCUT2D eigenvalue weighted by Crippen LogP contribution is -2.55. The Morgan fingerprint density at radius 3 is 2.69 bits per heavy atom. The molecule has 1 fully saturated rings. The topological polar surface area (TPSA) is 127 Å². The number of alkyl halides is 3.